The highest BCUT2D eigenvalue weighted by atomic mass is 35.5. The lowest BCUT2D eigenvalue weighted by Crippen LogP contribution is -2.08. The van der Waals surface area contributed by atoms with Crippen LogP contribution in [0.15, 0.2) is 30.5 Å². The summed E-state index contributed by atoms with van der Waals surface area (Å²) in [6.45, 7) is 1.14. The smallest absolute Gasteiger partial charge is 0.137 e. The van der Waals surface area contributed by atoms with E-state index in [-0.39, 0.29) is 0 Å². The molecule has 102 valence electrons. The third-order valence-corrected chi connectivity index (χ3v) is 3.15. The molecule has 0 N–H and O–H groups in total. The van der Waals surface area contributed by atoms with Crippen molar-refractivity contribution in [2.45, 2.75) is 19.4 Å². The highest BCUT2D eigenvalue weighted by Gasteiger charge is 2.02. The van der Waals surface area contributed by atoms with E-state index in [0.717, 1.165) is 18.5 Å². The minimum atomic E-state index is 0.502. The molecular formula is C13H15Cl2N3O. The largest absolute Gasteiger partial charge is 0.490 e. The van der Waals surface area contributed by atoms with Crippen molar-refractivity contribution < 1.29 is 4.74 Å². The molecule has 0 atom stereocenters. The number of hydrogen-bond acceptors (Lipinski definition) is 3. The molecule has 2 aromatic rings. The molecule has 0 radical (unpaired) electrons. The molecule has 2 rings (SSSR count). The van der Waals surface area contributed by atoms with Crippen molar-refractivity contribution in [3.05, 3.63) is 41.2 Å². The van der Waals surface area contributed by atoms with Crippen LogP contribution in [0.5, 0.6) is 5.75 Å². The first-order valence-electron chi connectivity index (χ1n) is 6.12. The number of para-hydroxylation sites is 1. The topological polar surface area (TPSA) is 39.9 Å². The number of aromatic nitrogens is 3. The molecule has 6 heteroatoms. The van der Waals surface area contributed by atoms with Gasteiger partial charge < -0.3 is 4.74 Å². The number of hydrogen-bond donors (Lipinski definition) is 0. The van der Waals surface area contributed by atoms with Gasteiger partial charge in [-0.1, -0.05) is 28.9 Å². The van der Waals surface area contributed by atoms with Crippen molar-refractivity contribution in [3.8, 4) is 5.75 Å². The summed E-state index contributed by atoms with van der Waals surface area (Å²) in [6.07, 6.45) is 3.69. The summed E-state index contributed by atoms with van der Waals surface area (Å²) in [4.78, 5) is 0. The molecule has 4 nitrogen and oxygen atoms in total. The van der Waals surface area contributed by atoms with E-state index >= 15 is 0 Å². The molecule has 19 heavy (non-hydrogen) atoms. The van der Waals surface area contributed by atoms with Gasteiger partial charge in [-0.25, -0.2) is 4.68 Å². The normalized spacial score (nSPS) is 10.6. The predicted octanol–water partition coefficient (Wildman–Crippen LogP) is 3.18. The Hall–Kier alpha value is -1.26. The van der Waals surface area contributed by atoms with Crippen LogP contribution in [-0.2, 0) is 13.0 Å². The first-order chi connectivity index (χ1) is 9.29. The van der Waals surface area contributed by atoms with Crippen LogP contribution in [-0.4, -0.2) is 27.5 Å². The van der Waals surface area contributed by atoms with Gasteiger partial charge in [-0.2, -0.15) is 0 Å². The molecule has 0 spiro atoms. The van der Waals surface area contributed by atoms with Gasteiger partial charge in [0.25, 0.3) is 0 Å². The molecular weight excluding hydrogens is 285 g/mol. The van der Waals surface area contributed by atoms with E-state index in [4.69, 9.17) is 27.9 Å². The standard InChI is InChI=1S/C13H15Cl2N3O/c14-7-3-4-11-10-18(17-16-11)8-9-19-13-6-2-1-5-12(13)15/h1-2,5-6,10H,3-4,7-9H2. The first-order valence-corrected chi connectivity index (χ1v) is 7.03. The number of benzene rings is 1. The van der Waals surface area contributed by atoms with Crippen molar-refractivity contribution in [2.75, 3.05) is 12.5 Å². The lowest BCUT2D eigenvalue weighted by molar-refractivity contribution is 0.290. The lowest BCUT2D eigenvalue weighted by atomic mass is 10.3. The maximum Gasteiger partial charge on any atom is 0.137 e. The van der Waals surface area contributed by atoms with E-state index < -0.39 is 0 Å². The van der Waals surface area contributed by atoms with Gasteiger partial charge in [-0.05, 0) is 25.0 Å². The van der Waals surface area contributed by atoms with Crippen LogP contribution >= 0.6 is 23.2 Å². The van der Waals surface area contributed by atoms with Crippen LogP contribution in [0.3, 0.4) is 0 Å². The van der Waals surface area contributed by atoms with E-state index in [9.17, 15) is 0 Å². The van der Waals surface area contributed by atoms with Gasteiger partial charge in [-0.3, -0.25) is 0 Å². The molecule has 0 amide bonds. The molecule has 0 aliphatic heterocycles. The highest BCUT2D eigenvalue weighted by molar-refractivity contribution is 6.32. The van der Waals surface area contributed by atoms with Gasteiger partial charge in [0.05, 0.1) is 17.3 Å². The Morgan fingerprint density at radius 1 is 1.26 bits per heavy atom. The third kappa shape index (κ3) is 4.40. The quantitative estimate of drug-likeness (QED) is 0.737. The van der Waals surface area contributed by atoms with Gasteiger partial charge in [0.2, 0.25) is 0 Å². The maximum absolute atomic E-state index is 6.00. The Kier molecular flexibility index (Phi) is 5.48. The summed E-state index contributed by atoms with van der Waals surface area (Å²) in [7, 11) is 0. The van der Waals surface area contributed by atoms with E-state index in [1.54, 1.807) is 10.7 Å². The fourth-order valence-electron chi connectivity index (χ4n) is 1.62. The second-order valence-electron chi connectivity index (χ2n) is 4.04. The Labute approximate surface area is 122 Å². The summed E-state index contributed by atoms with van der Waals surface area (Å²) in [5, 5.41) is 8.72. The van der Waals surface area contributed by atoms with Gasteiger partial charge in [0, 0.05) is 12.1 Å². The number of nitrogens with zero attached hydrogens (tertiary/aromatic N) is 3. The van der Waals surface area contributed by atoms with Crippen molar-refractivity contribution in [1.29, 1.82) is 0 Å². The Bertz CT molecular complexity index is 516. The van der Waals surface area contributed by atoms with Crippen LogP contribution in [0.4, 0.5) is 0 Å². The van der Waals surface area contributed by atoms with Gasteiger partial charge >= 0.3 is 0 Å². The summed E-state index contributed by atoms with van der Waals surface area (Å²) in [5.41, 5.74) is 0.957. The van der Waals surface area contributed by atoms with Crippen LogP contribution in [0.2, 0.25) is 5.02 Å². The van der Waals surface area contributed by atoms with E-state index in [1.807, 2.05) is 24.4 Å². The number of ether oxygens (including phenoxy) is 1. The zero-order chi connectivity index (χ0) is 13.5. The zero-order valence-corrected chi connectivity index (χ0v) is 11.9. The minimum Gasteiger partial charge on any atom is -0.490 e. The SMILES string of the molecule is ClCCCc1cn(CCOc2ccccc2Cl)nn1. The lowest BCUT2D eigenvalue weighted by Gasteiger charge is -2.07. The molecule has 0 saturated heterocycles. The number of rotatable bonds is 7. The molecule has 0 bridgehead atoms. The Morgan fingerprint density at radius 3 is 2.89 bits per heavy atom. The van der Waals surface area contributed by atoms with Crippen molar-refractivity contribution in [1.82, 2.24) is 15.0 Å². The van der Waals surface area contributed by atoms with Crippen LogP contribution in [0, 0.1) is 0 Å². The number of halogens is 2. The van der Waals surface area contributed by atoms with Crippen LogP contribution < -0.4 is 4.74 Å². The second-order valence-corrected chi connectivity index (χ2v) is 4.83. The molecule has 1 aromatic heterocycles. The second kappa shape index (κ2) is 7.36. The molecule has 1 aromatic carbocycles. The summed E-state index contributed by atoms with van der Waals surface area (Å²) < 4.78 is 7.35. The van der Waals surface area contributed by atoms with Gasteiger partial charge in [0.1, 0.15) is 12.4 Å². The molecule has 0 unspecified atom stereocenters. The molecule has 0 aliphatic rings. The van der Waals surface area contributed by atoms with Crippen molar-refractivity contribution in [3.63, 3.8) is 0 Å². The minimum absolute atomic E-state index is 0.502. The molecule has 0 saturated carbocycles. The summed E-state index contributed by atoms with van der Waals surface area (Å²) in [6, 6.07) is 7.41. The first kappa shape index (κ1) is 14.2. The average Bonchev–Trinajstić information content (AvgIpc) is 2.86. The Morgan fingerprint density at radius 2 is 2.11 bits per heavy atom. The number of aryl methyl sites for hydroxylation is 1. The third-order valence-electron chi connectivity index (χ3n) is 2.57. The van der Waals surface area contributed by atoms with Gasteiger partial charge in [0.15, 0.2) is 0 Å². The molecule has 0 aliphatic carbocycles. The molecule has 1 heterocycles. The predicted molar refractivity (Wildman–Crippen MR) is 76.0 cm³/mol. The summed E-state index contributed by atoms with van der Waals surface area (Å²) in [5.74, 6) is 1.33. The monoisotopic (exact) mass is 299 g/mol. The van der Waals surface area contributed by atoms with E-state index in [2.05, 4.69) is 10.3 Å². The average molecular weight is 300 g/mol. The van der Waals surface area contributed by atoms with E-state index in [0.29, 0.717) is 29.8 Å². The van der Waals surface area contributed by atoms with Crippen molar-refractivity contribution >= 4 is 23.2 Å². The van der Waals surface area contributed by atoms with Gasteiger partial charge in [-0.15, -0.1) is 16.7 Å². The van der Waals surface area contributed by atoms with Crippen LogP contribution in [0.1, 0.15) is 12.1 Å². The fraction of sp³-hybridized carbons (Fsp3) is 0.385. The number of alkyl halides is 1. The fourth-order valence-corrected chi connectivity index (χ4v) is 1.95. The van der Waals surface area contributed by atoms with Crippen LogP contribution in [0.25, 0.3) is 0 Å². The summed E-state index contributed by atoms with van der Waals surface area (Å²) >= 11 is 11.6. The Balaban J connectivity index is 1.79. The molecule has 0 fully saturated rings. The zero-order valence-electron chi connectivity index (χ0n) is 10.4. The van der Waals surface area contributed by atoms with E-state index in [1.165, 1.54) is 0 Å². The maximum atomic E-state index is 6.00. The van der Waals surface area contributed by atoms with Crippen molar-refractivity contribution in [2.24, 2.45) is 0 Å². The highest BCUT2D eigenvalue weighted by Crippen LogP contribution is 2.22.